The molecule has 0 saturated carbocycles. The summed E-state index contributed by atoms with van der Waals surface area (Å²) in [6.07, 6.45) is 8.98. The molecular formula is C19H18ClN3. The molecule has 0 bridgehead atoms. The molecule has 2 aromatic heterocycles. The van der Waals surface area contributed by atoms with E-state index >= 15 is 0 Å². The smallest absolute Gasteiger partial charge is 0.0529 e. The number of rotatable bonds is 2. The summed E-state index contributed by atoms with van der Waals surface area (Å²) in [7, 11) is 2.17. The van der Waals surface area contributed by atoms with Crippen LogP contribution in [0.5, 0.6) is 0 Å². The molecule has 0 aliphatic carbocycles. The van der Waals surface area contributed by atoms with Gasteiger partial charge in [-0.2, -0.15) is 0 Å². The SMILES string of the molecule is CN1CCc2c(c3cc(Cl)ccc3n2/C=C/c2cccnc2)C1. The first-order valence-corrected chi connectivity index (χ1v) is 8.18. The summed E-state index contributed by atoms with van der Waals surface area (Å²) in [4.78, 5) is 6.53. The number of likely N-dealkylation sites (N-methyl/N-ethyl adjacent to an activating group) is 1. The van der Waals surface area contributed by atoms with Crippen molar-refractivity contribution in [2.45, 2.75) is 13.0 Å². The molecule has 116 valence electrons. The largest absolute Gasteiger partial charge is 0.320 e. The Morgan fingerprint density at radius 1 is 1.26 bits per heavy atom. The van der Waals surface area contributed by atoms with Gasteiger partial charge in [0.1, 0.15) is 0 Å². The predicted octanol–water partition coefficient (Wildman–Crippen LogP) is 4.31. The van der Waals surface area contributed by atoms with Crippen LogP contribution in [0.15, 0.2) is 42.7 Å². The molecule has 1 aliphatic heterocycles. The van der Waals surface area contributed by atoms with Crippen molar-refractivity contribution in [3.63, 3.8) is 0 Å². The van der Waals surface area contributed by atoms with Gasteiger partial charge in [0.15, 0.2) is 0 Å². The first-order chi connectivity index (χ1) is 11.2. The molecule has 4 rings (SSSR count). The van der Waals surface area contributed by atoms with Crippen molar-refractivity contribution in [2.24, 2.45) is 0 Å². The molecular weight excluding hydrogens is 306 g/mol. The van der Waals surface area contributed by atoms with Gasteiger partial charge in [0, 0.05) is 54.2 Å². The molecule has 1 aliphatic rings. The molecule has 0 amide bonds. The second-order valence-electron chi connectivity index (χ2n) is 6.05. The number of hydrogen-bond acceptors (Lipinski definition) is 2. The van der Waals surface area contributed by atoms with Crippen molar-refractivity contribution in [1.29, 1.82) is 0 Å². The quantitative estimate of drug-likeness (QED) is 0.701. The summed E-state index contributed by atoms with van der Waals surface area (Å²) in [5.74, 6) is 0. The Labute approximate surface area is 140 Å². The van der Waals surface area contributed by atoms with Crippen LogP contribution in [-0.2, 0) is 13.0 Å². The van der Waals surface area contributed by atoms with Crippen molar-refractivity contribution in [2.75, 3.05) is 13.6 Å². The molecule has 3 heterocycles. The lowest BCUT2D eigenvalue weighted by molar-refractivity contribution is 0.312. The van der Waals surface area contributed by atoms with E-state index in [0.717, 1.165) is 30.1 Å². The van der Waals surface area contributed by atoms with E-state index in [1.54, 1.807) is 6.20 Å². The number of nitrogens with zero attached hydrogens (tertiary/aromatic N) is 3. The Balaban J connectivity index is 1.87. The van der Waals surface area contributed by atoms with E-state index in [2.05, 4.69) is 52.0 Å². The number of aromatic nitrogens is 2. The first kappa shape index (κ1) is 14.5. The molecule has 0 unspecified atom stereocenters. The van der Waals surface area contributed by atoms with Gasteiger partial charge in [0.25, 0.3) is 0 Å². The standard InChI is InChI=1S/C19H18ClN3/c1-22-9-7-19-17(13-22)16-11-15(20)4-5-18(16)23(19)10-6-14-3-2-8-21-12-14/h2-6,8,10-12H,7,9,13H2,1H3/b10-6+. The minimum Gasteiger partial charge on any atom is -0.320 e. The van der Waals surface area contributed by atoms with E-state index in [-0.39, 0.29) is 0 Å². The minimum absolute atomic E-state index is 0.793. The zero-order valence-corrected chi connectivity index (χ0v) is 13.8. The molecule has 0 N–H and O–H groups in total. The van der Waals surface area contributed by atoms with Crippen molar-refractivity contribution in [1.82, 2.24) is 14.5 Å². The van der Waals surface area contributed by atoms with Crippen LogP contribution in [0.1, 0.15) is 16.8 Å². The maximum absolute atomic E-state index is 6.23. The van der Waals surface area contributed by atoms with Crippen LogP contribution in [0.3, 0.4) is 0 Å². The van der Waals surface area contributed by atoms with Gasteiger partial charge in [-0.15, -0.1) is 0 Å². The molecule has 3 aromatic rings. The average molecular weight is 324 g/mol. The first-order valence-electron chi connectivity index (χ1n) is 7.80. The normalized spacial score (nSPS) is 15.4. The Bertz CT molecular complexity index is 881. The molecule has 4 heteroatoms. The van der Waals surface area contributed by atoms with Crippen molar-refractivity contribution < 1.29 is 0 Å². The molecule has 0 fully saturated rings. The molecule has 3 nitrogen and oxygen atoms in total. The van der Waals surface area contributed by atoms with Gasteiger partial charge < -0.3 is 9.47 Å². The van der Waals surface area contributed by atoms with Crippen LogP contribution in [0.25, 0.3) is 23.2 Å². The van der Waals surface area contributed by atoms with Crippen LogP contribution < -0.4 is 0 Å². The zero-order valence-electron chi connectivity index (χ0n) is 13.0. The Morgan fingerprint density at radius 3 is 3.00 bits per heavy atom. The summed E-state index contributed by atoms with van der Waals surface area (Å²) in [5.41, 5.74) is 5.10. The maximum Gasteiger partial charge on any atom is 0.0529 e. The third-order valence-corrected chi connectivity index (χ3v) is 4.68. The molecule has 0 radical (unpaired) electrons. The molecule has 23 heavy (non-hydrogen) atoms. The third kappa shape index (κ3) is 2.67. The van der Waals surface area contributed by atoms with E-state index in [0.29, 0.717) is 0 Å². The van der Waals surface area contributed by atoms with Crippen LogP contribution >= 0.6 is 11.6 Å². The zero-order chi connectivity index (χ0) is 15.8. The van der Waals surface area contributed by atoms with E-state index in [4.69, 9.17) is 11.6 Å². The average Bonchev–Trinajstić information content (AvgIpc) is 2.86. The van der Waals surface area contributed by atoms with Crippen LogP contribution in [-0.4, -0.2) is 28.0 Å². The Kier molecular flexibility index (Phi) is 3.68. The van der Waals surface area contributed by atoms with E-state index in [1.807, 2.05) is 18.3 Å². The third-order valence-electron chi connectivity index (χ3n) is 4.44. The summed E-state index contributed by atoms with van der Waals surface area (Å²) in [6, 6.07) is 10.2. The lowest BCUT2D eigenvalue weighted by atomic mass is 10.1. The fourth-order valence-corrected chi connectivity index (χ4v) is 3.48. The van der Waals surface area contributed by atoms with Gasteiger partial charge >= 0.3 is 0 Å². The van der Waals surface area contributed by atoms with Gasteiger partial charge in [-0.05, 0) is 48.5 Å². The van der Waals surface area contributed by atoms with Crippen molar-refractivity contribution >= 4 is 34.8 Å². The highest BCUT2D eigenvalue weighted by atomic mass is 35.5. The fourth-order valence-electron chi connectivity index (χ4n) is 3.31. The summed E-state index contributed by atoms with van der Waals surface area (Å²) in [5, 5.41) is 2.05. The lowest BCUT2D eigenvalue weighted by Crippen LogP contribution is -2.26. The van der Waals surface area contributed by atoms with Gasteiger partial charge in [0.05, 0.1) is 5.52 Å². The second-order valence-corrected chi connectivity index (χ2v) is 6.48. The van der Waals surface area contributed by atoms with Gasteiger partial charge in [-0.1, -0.05) is 17.7 Å². The summed E-state index contributed by atoms with van der Waals surface area (Å²) in [6.45, 7) is 2.05. The Morgan fingerprint density at radius 2 is 2.17 bits per heavy atom. The monoisotopic (exact) mass is 323 g/mol. The fraction of sp³-hybridized carbons (Fsp3) is 0.211. The highest BCUT2D eigenvalue weighted by Crippen LogP contribution is 2.32. The van der Waals surface area contributed by atoms with Gasteiger partial charge in [-0.25, -0.2) is 0 Å². The van der Waals surface area contributed by atoms with Gasteiger partial charge in [-0.3, -0.25) is 4.98 Å². The molecule has 1 aromatic carbocycles. The molecule has 0 saturated heterocycles. The van der Waals surface area contributed by atoms with Crippen LogP contribution in [0.2, 0.25) is 5.02 Å². The highest BCUT2D eigenvalue weighted by Gasteiger charge is 2.21. The number of hydrogen-bond donors (Lipinski definition) is 0. The highest BCUT2D eigenvalue weighted by molar-refractivity contribution is 6.31. The number of fused-ring (bicyclic) bond motifs is 3. The van der Waals surface area contributed by atoms with Gasteiger partial charge in [0.2, 0.25) is 0 Å². The van der Waals surface area contributed by atoms with Crippen LogP contribution in [0, 0.1) is 0 Å². The lowest BCUT2D eigenvalue weighted by Gasteiger charge is -2.23. The molecule has 0 atom stereocenters. The maximum atomic E-state index is 6.23. The van der Waals surface area contributed by atoms with E-state index < -0.39 is 0 Å². The van der Waals surface area contributed by atoms with E-state index in [9.17, 15) is 0 Å². The van der Waals surface area contributed by atoms with E-state index in [1.165, 1.54) is 22.2 Å². The minimum atomic E-state index is 0.793. The number of halogens is 1. The Hall–Kier alpha value is -2.10. The molecule has 0 spiro atoms. The second kappa shape index (κ2) is 5.84. The summed E-state index contributed by atoms with van der Waals surface area (Å²) >= 11 is 6.23. The summed E-state index contributed by atoms with van der Waals surface area (Å²) < 4.78 is 2.31. The number of benzene rings is 1. The van der Waals surface area contributed by atoms with Crippen LogP contribution in [0.4, 0.5) is 0 Å². The number of pyridine rings is 1. The van der Waals surface area contributed by atoms with Crippen molar-refractivity contribution in [3.8, 4) is 0 Å². The predicted molar refractivity (Wildman–Crippen MR) is 96.4 cm³/mol. The topological polar surface area (TPSA) is 21.1 Å². The van der Waals surface area contributed by atoms with Crippen molar-refractivity contribution in [3.05, 3.63) is 64.6 Å².